The van der Waals surface area contributed by atoms with Gasteiger partial charge >= 0.3 is 0 Å². The number of hydrogen-bond acceptors (Lipinski definition) is 2. The van der Waals surface area contributed by atoms with E-state index in [9.17, 15) is 4.79 Å². The molecular formula is C18H19BrO2. The molecule has 0 amide bonds. The van der Waals surface area contributed by atoms with Gasteiger partial charge in [0.1, 0.15) is 5.75 Å². The zero-order valence-electron chi connectivity index (χ0n) is 12.8. The Balaban J connectivity index is 2.36. The van der Waals surface area contributed by atoms with Crippen molar-refractivity contribution in [3.05, 3.63) is 62.6 Å². The summed E-state index contributed by atoms with van der Waals surface area (Å²) in [5.74, 6) is 0.701. The molecule has 0 heterocycles. The summed E-state index contributed by atoms with van der Waals surface area (Å²) in [6.45, 7) is 6.05. The number of halogens is 1. The predicted molar refractivity (Wildman–Crippen MR) is 89.4 cm³/mol. The number of methoxy groups -OCH3 is 1. The van der Waals surface area contributed by atoms with Crippen molar-refractivity contribution in [1.82, 2.24) is 0 Å². The first kappa shape index (κ1) is 15.8. The van der Waals surface area contributed by atoms with Gasteiger partial charge in [-0.25, -0.2) is 0 Å². The van der Waals surface area contributed by atoms with Crippen LogP contribution in [-0.4, -0.2) is 12.9 Å². The average Bonchev–Trinajstić information content (AvgIpc) is 2.45. The largest absolute Gasteiger partial charge is 0.496 e. The summed E-state index contributed by atoms with van der Waals surface area (Å²) in [5, 5.41) is 0. The van der Waals surface area contributed by atoms with Crippen molar-refractivity contribution in [2.75, 3.05) is 7.11 Å². The first-order valence-electron chi connectivity index (χ1n) is 6.86. The quantitative estimate of drug-likeness (QED) is 0.742. The average molecular weight is 347 g/mol. The molecule has 0 atom stereocenters. The van der Waals surface area contributed by atoms with E-state index in [1.165, 1.54) is 5.56 Å². The van der Waals surface area contributed by atoms with E-state index in [-0.39, 0.29) is 5.78 Å². The van der Waals surface area contributed by atoms with Crippen LogP contribution in [0.2, 0.25) is 0 Å². The normalized spacial score (nSPS) is 10.5. The van der Waals surface area contributed by atoms with E-state index in [1.807, 2.05) is 32.9 Å². The van der Waals surface area contributed by atoms with Crippen molar-refractivity contribution in [2.45, 2.75) is 27.2 Å². The molecule has 2 rings (SSSR count). The maximum absolute atomic E-state index is 12.6. The van der Waals surface area contributed by atoms with Crippen molar-refractivity contribution < 1.29 is 9.53 Å². The maximum atomic E-state index is 12.6. The third kappa shape index (κ3) is 3.53. The van der Waals surface area contributed by atoms with E-state index < -0.39 is 0 Å². The highest BCUT2D eigenvalue weighted by Gasteiger charge is 2.16. The van der Waals surface area contributed by atoms with Gasteiger partial charge in [0, 0.05) is 10.9 Å². The second kappa shape index (κ2) is 6.44. The maximum Gasteiger partial charge on any atom is 0.171 e. The van der Waals surface area contributed by atoms with Crippen LogP contribution in [0.1, 0.15) is 32.6 Å². The van der Waals surface area contributed by atoms with Crippen molar-refractivity contribution in [3.8, 4) is 5.75 Å². The molecule has 0 bridgehead atoms. The third-order valence-corrected chi connectivity index (χ3v) is 4.49. The lowest BCUT2D eigenvalue weighted by molar-refractivity contribution is 0.0990. The van der Waals surface area contributed by atoms with Crippen LogP contribution in [0.4, 0.5) is 0 Å². The number of rotatable bonds is 4. The molecule has 0 aromatic heterocycles. The molecule has 0 aliphatic carbocycles. The van der Waals surface area contributed by atoms with Crippen LogP contribution in [-0.2, 0) is 6.42 Å². The minimum absolute atomic E-state index is 0.0706. The molecule has 0 radical (unpaired) electrons. The van der Waals surface area contributed by atoms with Gasteiger partial charge in [0.05, 0.1) is 12.7 Å². The van der Waals surface area contributed by atoms with Gasteiger partial charge in [-0.05, 0) is 49.6 Å². The van der Waals surface area contributed by atoms with Gasteiger partial charge in [-0.3, -0.25) is 4.79 Å². The number of hydrogen-bond donors (Lipinski definition) is 0. The van der Waals surface area contributed by atoms with E-state index >= 15 is 0 Å². The Morgan fingerprint density at radius 2 is 1.81 bits per heavy atom. The zero-order valence-corrected chi connectivity index (χ0v) is 14.4. The number of carbonyl (C=O) groups excluding carboxylic acids is 1. The number of Topliss-reactive ketones (excluding diaryl/α,β-unsaturated/α-hetero) is 1. The first-order chi connectivity index (χ1) is 9.92. The van der Waals surface area contributed by atoms with Crippen molar-refractivity contribution >= 4 is 21.7 Å². The highest BCUT2D eigenvalue weighted by atomic mass is 79.9. The Bertz CT molecular complexity index is 690. The number of carbonyl (C=O) groups is 1. The van der Waals surface area contributed by atoms with E-state index in [0.717, 1.165) is 21.2 Å². The van der Waals surface area contributed by atoms with Gasteiger partial charge in [-0.2, -0.15) is 0 Å². The van der Waals surface area contributed by atoms with E-state index in [2.05, 4.69) is 34.1 Å². The van der Waals surface area contributed by atoms with Gasteiger partial charge in [0.2, 0.25) is 0 Å². The lowest BCUT2D eigenvalue weighted by Gasteiger charge is -2.12. The molecule has 0 saturated carbocycles. The minimum atomic E-state index is 0.0706. The fourth-order valence-corrected chi connectivity index (χ4v) is 2.64. The van der Waals surface area contributed by atoms with Crippen LogP contribution in [0, 0.1) is 20.8 Å². The number of aryl methyl sites for hydroxylation is 3. The summed E-state index contributed by atoms with van der Waals surface area (Å²) in [7, 11) is 1.59. The molecule has 21 heavy (non-hydrogen) atoms. The van der Waals surface area contributed by atoms with Crippen LogP contribution in [0.15, 0.2) is 34.8 Å². The van der Waals surface area contributed by atoms with Crippen molar-refractivity contribution in [2.24, 2.45) is 0 Å². The zero-order chi connectivity index (χ0) is 15.6. The fourth-order valence-electron chi connectivity index (χ4n) is 2.30. The van der Waals surface area contributed by atoms with Crippen LogP contribution in [0.3, 0.4) is 0 Å². The Morgan fingerprint density at radius 1 is 1.10 bits per heavy atom. The van der Waals surface area contributed by atoms with Crippen LogP contribution < -0.4 is 4.74 Å². The molecule has 3 heteroatoms. The topological polar surface area (TPSA) is 26.3 Å². The Labute approximate surface area is 134 Å². The molecule has 0 saturated heterocycles. The van der Waals surface area contributed by atoms with Crippen molar-refractivity contribution in [3.63, 3.8) is 0 Å². The lowest BCUT2D eigenvalue weighted by Crippen LogP contribution is -2.07. The Morgan fingerprint density at radius 3 is 2.48 bits per heavy atom. The highest BCUT2D eigenvalue weighted by molar-refractivity contribution is 9.10. The lowest BCUT2D eigenvalue weighted by atomic mass is 9.97. The molecule has 2 aromatic rings. The van der Waals surface area contributed by atoms with Gasteiger partial charge < -0.3 is 4.74 Å². The summed E-state index contributed by atoms with van der Waals surface area (Å²) in [5.41, 5.74) is 5.05. The second-order valence-electron chi connectivity index (χ2n) is 5.33. The monoisotopic (exact) mass is 346 g/mol. The summed E-state index contributed by atoms with van der Waals surface area (Å²) in [6, 6.07) is 9.93. The summed E-state index contributed by atoms with van der Waals surface area (Å²) < 4.78 is 6.28. The molecule has 0 aliphatic rings. The summed E-state index contributed by atoms with van der Waals surface area (Å²) in [4.78, 5) is 12.6. The van der Waals surface area contributed by atoms with E-state index in [1.54, 1.807) is 7.11 Å². The standard InChI is InChI=1S/C18H19BrO2/c1-11-5-6-12(2)14(7-11)9-17(20)15-10-16(19)13(3)8-18(15)21-4/h5-8,10H,9H2,1-4H3. The first-order valence-corrected chi connectivity index (χ1v) is 7.65. The van der Waals surface area contributed by atoms with Crippen LogP contribution in [0.5, 0.6) is 5.75 Å². The molecule has 0 unspecified atom stereocenters. The number of benzene rings is 2. The second-order valence-corrected chi connectivity index (χ2v) is 6.19. The number of ketones is 1. The molecular weight excluding hydrogens is 328 g/mol. The van der Waals surface area contributed by atoms with Gasteiger partial charge in [0.25, 0.3) is 0 Å². The summed E-state index contributed by atoms with van der Waals surface area (Å²) in [6.07, 6.45) is 0.388. The molecule has 2 aromatic carbocycles. The highest BCUT2D eigenvalue weighted by Crippen LogP contribution is 2.28. The predicted octanol–water partition coefficient (Wildman–Crippen LogP) is 4.81. The SMILES string of the molecule is COc1cc(C)c(Br)cc1C(=O)Cc1cc(C)ccc1C. The van der Waals surface area contributed by atoms with Crippen LogP contribution >= 0.6 is 15.9 Å². The molecule has 0 aliphatic heterocycles. The molecule has 110 valence electrons. The Hall–Kier alpha value is -1.61. The van der Waals surface area contributed by atoms with Crippen LogP contribution in [0.25, 0.3) is 0 Å². The fraction of sp³-hybridized carbons (Fsp3) is 0.278. The number of ether oxygens (including phenoxy) is 1. The minimum Gasteiger partial charge on any atom is -0.496 e. The molecule has 2 nitrogen and oxygen atoms in total. The van der Waals surface area contributed by atoms with E-state index in [4.69, 9.17) is 4.74 Å². The molecule has 0 fully saturated rings. The Kier molecular flexibility index (Phi) is 4.84. The van der Waals surface area contributed by atoms with Gasteiger partial charge in [0.15, 0.2) is 5.78 Å². The van der Waals surface area contributed by atoms with E-state index in [0.29, 0.717) is 17.7 Å². The third-order valence-electron chi connectivity index (χ3n) is 3.64. The van der Waals surface area contributed by atoms with Gasteiger partial charge in [-0.1, -0.05) is 39.7 Å². The molecule has 0 N–H and O–H groups in total. The smallest absolute Gasteiger partial charge is 0.171 e. The summed E-state index contributed by atoms with van der Waals surface area (Å²) >= 11 is 3.48. The van der Waals surface area contributed by atoms with Gasteiger partial charge in [-0.15, -0.1) is 0 Å². The molecule has 0 spiro atoms. The van der Waals surface area contributed by atoms with Crippen molar-refractivity contribution in [1.29, 1.82) is 0 Å².